The molecular formula is C19H18N2O3S. The number of fused-ring (bicyclic) bond motifs is 1. The van der Waals surface area contributed by atoms with Gasteiger partial charge in [0, 0.05) is 5.75 Å². The van der Waals surface area contributed by atoms with Crippen molar-refractivity contribution in [1.82, 2.24) is 9.97 Å². The number of hydrogen-bond donors (Lipinski definition) is 0. The lowest BCUT2D eigenvalue weighted by atomic mass is 10.2. The average molecular weight is 354 g/mol. The standard InChI is InChI=1S/C19H18N2O3S/c1-3-25(23)18-11-7-4-8-14(18)19(22)24-12-17-13(2)20-15-9-5-6-10-16(15)21-17/h4-11H,3,12H2,1-2H3. The third-order valence-electron chi connectivity index (χ3n) is 3.80. The molecule has 1 aromatic heterocycles. The van der Waals surface area contributed by atoms with E-state index in [0.29, 0.717) is 21.9 Å². The summed E-state index contributed by atoms with van der Waals surface area (Å²) in [7, 11) is -1.22. The predicted octanol–water partition coefficient (Wildman–Crippen LogP) is 3.42. The Morgan fingerprint density at radius 1 is 1.04 bits per heavy atom. The van der Waals surface area contributed by atoms with Gasteiger partial charge in [0.1, 0.15) is 6.61 Å². The summed E-state index contributed by atoms with van der Waals surface area (Å²) in [5.74, 6) is -0.0636. The highest BCUT2D eigenvalue weighted by Gasteiger charge is 2.17. The largest absolute Gasteiger partial charge is 0.455 e. The van der Waals surface area contributed by atoms with Crippen LogP contribution in [-0.4, -0.2) is 25.9 Å². The quantitative estimate of drug-likeness (QED) is 0.657. The van der Waals surface area contributed by atoms with Crippen LogP contribution >= 0.6 is 0 Å². The summed E-state index contributed by atoms with van der Waals surface area (Å²) in [5, 5.41) is 0. The molecule has 1 heterocycles. The van der Waals surface area contributed by atoms with Crippen LogP contribution in [0.3, 0.4) is 0 Å². The molecule has 128 valence electrons. The lowest BCUT2D eigenvalue weighted by Crippen LogP contribution is -2.11. The molecule has 25 heavy (non-hydrogen) atoms. The fourth-order valence-electron chi connectivity index (χ4n) is 2.46. The number of ether oxygens (including phenoxy) is 1. The van der Waals surface area contributed by atoms with Crippen molar-refractivity contribution >= 4 is 27.8 Å². The molecule has 0 aliphatic carbocycles. The molecule has 0 fully saturated rings. The maximum atomic E-state index is 12.4. The van der Waals surface area contributed by atoms with Gasteiger partial charge in [-0.15, -0.1) is 0 Å². The summed E-state index contributed by atoms with van der Waals surface area (Å²) in [4.78, 5) is 21.9. The van der Waals surface area contributed by atoms with E-state index in [1.165, 1.54) is 0 Å². The van der Waals surface area contributed by atoms with Crippen LogP contribution in [0.5, 0.6) is 0 Å². The molecule has 0 N–H and O–H groups in total. The summed E-state index contributed by atoms with van der Waals surface area (Å²) >= 11 is 0. The Labute approximate surface area is 148 Å². The first kappa shape index (κ1) is 17.2. The van der Waals surface area contributed by atoms with Gasteiger partial charge in [-0.1, -0.05) is 31.2 Å². The highest BCUT2D eigenvalue weighted by atomic mass is 32.2. The van der Waals surface area contributed by atoms with E-state index in [9.17, 15) is 9.00 Å². The van der Waals surface area contributed by atoms with Gasteiger partial charge in [-0.25, -0.2) is 14.8 Å². The molecule has 0 saturated heterocycles. The Bertz CT molecular complexity index is 956. The molecular weight excluding hydrogens is 336 g/mol. The van der Waals surface area contributed by atoms with Crippen molar-refractivity contribution in [3.63, 3.8) is 0 Å². The molecule has 3 rings (SSSR count). The maximum absolute atomic E-state index is 12.4. The molecule has 0 saturated carbocycles. The van der Waals surface area contributed by atoms with Gasteiger partial charge < -0.3 is 4.74 Å². The number of rotatable bonds is 5. The number of carbonyl (C=O) groups is 1. The minimum absolute atomic E-state index is 0.0234. The van der Waals surface area contributed by atoms with E-state index < -0.39 is 16.8 Å². The van der Waals surface area contributed by atoms with E-state index in [-0.39, 0.29) is 6.61 Å². The summed E-state index contributed by atoms with van der Waals surface area (Å²) in [6, 6.07) is 14.4. The Kier molecular flexibility index (Phi) is 5.19. The summed E-state index contributed by atoms with van der Waals surface area (Å²) in [6.07, 6.45) is 0. The van der Waals surface area contributed by atoms with Crippen LogP contribution in [-0.2, 0) is 22.1 Å². The molecule has 0 spiro atoms. The molecule has 5 nitrogen and oxygen atoms in total. The Balaban J connectivity index is 1.81. The number of aromatic nitrogens is 2. The van der Waals surface area contributed by atoms with Gasteiger partial charge >= 0.3 is 5.97 Å². The van der Waals surface area contributed by atoms with Crippen molar-refractivity contribution in [1.29, 1.82) is 0 Å². The fraction of sp³-hybridized carbons (Fsp3) is 0.211. The third kappa shape index (κ3) is 3.74. The number of carbonyl (C=O) groups excluding carboxylic acids is 1. The van der Waals surface area contributed by atoms with Crippen molar-refractivity contribution in [2.45, 2.75) is 25.3 Å². The van der Waals surface area contributed by atoms with Gasteiger partial charge in [-0.2, -0.15) is 0 Å². The molecule has 3 aromatic rings. The average Bonchev–Trinajstić information content (AvgIpc) is 2.65. The number of esters is 1. The van der Waals surface area contributed by atoms with E-state index in [4.69, 9.17) is 4.74 Å². The normalized spacial score (nSPS) is 12.1. The summed E-state index contributed by atoms with van der Waals surface area (Å²) in [5.41, 5.74) is 3.22. The number of hydrogen-bond acceptors (Lipinski definition) is 5. The van der Waals surface area contributed by atoms with Crippen molar-refractivity contribution in [2.24, 2.45) is 0 Å². The summed E-state index contributed by atoms with van der Waals surface area (Å²) < 4.78 is 17.5. The SMILES string of the molecule is CCS(=O)c1ccccc1C(=O)OCc1nc2ccccc2nc1C. The molecule has 0 aliphatic rings. The first-order valence-electron chi connectivity index (χ1n) is 7.97. The van der Waals surface area contributed by atoms with E-state index >= 15 is 0 Å². The lowest BCUT2D eigenvalue weighted by Gasteiger charge is -2.10. The van der Waals surface area contributed by atoms with Crippen molar-refractivity contribution in [2.75, 3.05) is 5.75 Å². The number of aryl methyl sites for hydroxylation is 1. The second-order valence-electron chi connectivity index (χ2n) is 5.45. The van der Waals surface area contributed by atoms with E-state index in [2.05, 4.69) is 9.97 Å². The second kappa shape index (κ2) is 7.53. The third-order valence-corrected chi connectivity index (χ3v) is 5.17. The van der Waals surface area contributed by atoms with Gasteiger partial charge in [0.2, 0.25) is 0 Å². The predicted molar refractivity (Wildman–Crippen MR) is 96.8 cm³/mol. The van der Waals surface area contributed by atoms with Crippen molar-refractivity contribution < 1.29 is 13.7 Å². The van der Waals surface area contributed by atoms with Gasteiger partial charge in [-0.3, -0.25) is 4.21 Å². The second-order valence-corrected chi connectivity index (χ2v) is 7.16. The van der Waals surface area contributed by atoms with Gasteiger partial charge in [-0.05, 0) is 31.2 Å². The maximum Gasteiger partial charge on any atom is 0.339 e. The Morgan fingerprint density at radius 2 is 1.68 bits per heavy atom. The highest BCUT2D eigenvalue weighted by molar-refractivity contribution is 7.85. The zero-order valence-electron chi connectivity index (χ0n) is 14.1. The van der Waals surface area contributed by atoms with Gasteiger partial charge in [0.15, 0.2) is 0 Å². The lowest BCUT2D eigenvalue weighted by molar-refractivity contribution is 0.0462. The zero-order chi connectivity index (χ0) is 17.8. The van der Waals surface area contributed by atoms with Crippen LogP contribution in [0.2, 0.25) is 0 Å². The van der Waals surface area contributed by atoms with Crippen LogP contribution in [0.4, 0.5) is 0 Å². The topological polar surface area (TPSA) is 69.2 Å². The summed E-state index contributed by atoms with van der Waals surface area (Å²) in [6.45, 7) is 3.67. The fourth-order valence-corrected chi connectivity index (χ4v) is 3.40. The molecule has 2 aromatic carbocycles. The van der Waals surface area contributed by atoms with Crippen molar-refractivity contribution in [3.05, 3.63) is 65.5 Å². The van der Waals surface area contributed by atoms with Crippen molar-refractivity contribution in [3.8, 4) is 0 Å². The molecule has 6 heteroatoms. The molecule has 1 atom stereocenters. The van der Waals surface area contributed by atoms with E-state index in [1.54, 1.807) is 24.3 Å². The van der Waals surface area contributed by atoms with Crippen LogP contribution in [0.15, 0.2) is 53.4 Å². The smallest absolute Gasteiger partial charge is 0.339 e. The number of nitrogens with zero attached hydrogens (tertiary/aromatic N) is 2. The van der Waals surface area contributed by atoms with Crippen LogP contribution in [0.25, 0.3) is 11.0 Å². The van der Waals surface area contributed by atoms with Gasteiger partial charge in [0.05, 0.1) is 43.7 Å². The Morgan fingerprint density at radius 3 is 2.40 bits per heavy atom. The van der Waals surface area contributed by atoms with Crippen LogP contribution in [0, 0.1) is 6.92 Å². The Hall–Kier alpha value is -2.60. The monoisotopic (exact) mass is 354 g/mol. The van der Waals surface area contributed by atoms with E-state index in [1.807, 2.05) is 38.1 Å². The zero-order valence-corrected chi connectivity index (χ0v) is 14.9. The molecule has 0 amide bonds. The highest BCUT2D eigenvalue weighted by Crippen LogP contribution is 2.17. The number of benzene rings is 2. The van der Waals surface area contributed by atoms with E-state index in [0.717, 1.165) is 16.7 Å². The first-order chi connectivity index (χ1) is 12.1. The molecule has 0 aliphatic heterocycles. The number of para-hydroxylation sites is 2. The minimum Gasteiger partial charge on any atom is -0.455 e. The molecule has 0 radical (unpaired) electrons. The van der Waals surface area contributed by atoms with Crippen LogP contribution < -0.4 is 0 Å². The molecule has 0 bridgehead atoms. The van der Waals surface area contributed by atoms with Crippen LogP contribution in [0.1, 0.15) is 28.7 Å². The first-order valence-corrected chi connectivity index (χ1v) is 9.29. The molecule has 1 unspecified atom stereocenters. The minimum atomic E-state index is -1.22. The van der Waals surface area contributed by atoms with Gasteiger partial charge in [0.25, 0.3) is 0 Å².